The molecule has 8 heteroatoms. The minimum absolute atomic E-state index is 0.0814. The second-order valence-corrected chi connectivity index (χ2v) is 4.75. The monoisotopic (exact) mass is 261 g/mol. The SMILES string of the molecule is CC(Nc1ccc2scnc2c1N)c1nn[nH]n1. The first-order valence-corrected chi connectivity index (χ1v) is 6.25. The number of tetrazole rings is 1. The summed E-state index contributed by atoms with van der Waals surface area (Å²) in [5, 5.41) is 17.1. The Kier molecular flexibility index (Phi) is 2.56. The summed E-state index contributed by atoms with van der Waals surface area (Å²) < 4.78 is 1.07. The summed E-state index contributed by atoms with van der Waals surface area (Å²) in [7, 11) is 0. The van der Waals surface area contributed by atoms with Crippen molar-refractivity contribution in [1.82, 2.24) is 25.6 Å². The van der Waals surface area contributed by atoms with Gasteiger partial charge in [0.1, 0.15) is 5.52 Å². The van der Waals surface area contributed by atoms with Crippen LogP contribution in [0.4, 0.5) is 11.4 Å². The number of nitrogens with zero attached hydrogens (tertiary/aromatic N) is 4. The van der Waals surface area contributed by atoms with Gasteiger partial charge in [-0.1, -0.05) is 5.21 Å². The number of thiazole rings is 1. The van der Waals surface area contributed by atoms with Crippen LogP contribution in [-0.2, 0) is 0 Å². The van der Waals surface area contributed by atoms with Crippen molar-refractivity contribution < 1.29 is 0 Å². The van der Waals surface area contributed by atoms with Crippen LogP contribution < -0.4 is 11.1 Å². The van der Waals surface area contributed by atoms with Crippen LogP contribution in [0.3, 0.4) is 0 Å². The number of nitrogens with one attached hydrogen (secondary N) is 2. The summed E-state index contributed by atoms with van der Waals surface area (Å²) in [6.07, 6.45) is 0. The highest BCUT2D eigenvalue weighted by molar-refractivity contribution is 7.16. The van der Waals surface area contributed by atoms with Crippen LogP contribution >= 0.6 is 11.3 Å². The summed E-state index contributed by atoms with van der Waals surface area (Å²) in [6.45, 7) is 1.94. The molecule has 18 heavy (non-hydrogen) atoms. The van der Waals surface area contributed by atoms with Crippen molar-refractivity contribution in [2.24, 2.45) is 0 Å². The second-order valence-electron chi connectivity index (χ2n) is 3.86. The highest BCUT2D eigenvalue weighted by Crippen LogP contribution is 2.31. The Balaban J connectivity index is 1.93. The van der Waals surface area contributed by atoms with Gasteiger partial charge in [-0.15, -0.1) is 21.5 Å². The van der Waals surface area contributed by atoms with E-state index >= 15 is 0 Å². The van der Waals surface area contributed by atoms with Gasteiger partial charge in [0.25, 0.3) is 0 Å². The molecule has 0 amide bonds. The molecule has 0 fully saturated rings. The van der Waals surface area contributed by atoms with Crippen molar-refractivity contribution in [2.45, 2.75) is 13.0 Å². The highest BCUT2D eigenvalue weighted by atomic mass is 32.1. The van der Waals surface area contributed by atoms with Crippen molar-refractivity contribution in [3.05, 3.63) is 23.5 Å². The number of fused-ring (bicyclic) bond motifs is 1. The van der Waals surface area contributed by atoms with E-state index in [9.17, 15) is 0 Å². The van der Waals surface area contributed by atoms with Crippen LogP contribution in [0.2, 0.25) is 0 Å². The molecule has 0 radical (unpaired) electrons. The average molecular weight is 261 g/mol. The van der Waals surface area contributed by atoms with E-state index in [1.807, 2.05) is 19.1 Å². The maximum atomic E-state index is 6.08. The maximum Gasteiger partial charge on any atom is 0.196 e. The molecule has 0 saturated heterocycles. The molecule has 0 aliphatic heterocycles. The van der Waals surface area contributed by atoms with Gasteiger partial charge in [0, 0.05) is 0 Å². The van der Waals surface area contributed by atoms with E-state index in [1.165, 1.54) is 0 Å². The molecule has 7 nitrogen and oxygen atoms in total. The fourth-order valence-electron chi connectivity index (χ4n) is 1.73. The molecule has 92 valence electrons. The van der Waals surface area contributed by atoms with Gasteiger partial charge in [0.15, 0.2) is 5.82 Å². The Morgan fingerprint density at radius 2 is 2.33 bits per heavy atom. The number of aromatic nitrogens is 5. The predicted octanol–water partition coefficient (Wildman–Crippen LogP) is 1.56. The van der Waals surface area contributed by atoms with Crippen molar-refractivity contribution >= 4 is 32.9 Å². The largest absolute Gasteiger partial charge is 0.395 e. The first kappa shape index (κ1) is 10.9. The topological polar surface area (TPSA) is 105 Å². The minimum atomic E-state index is -0.0814. The summed E-state index contributed by atoms with van der Waals surface area (Å²) in [5.74, 6) is 0.591. The van der Waals surface area contributed by atoms with Gasteiger partial charge < -0.3 is 11.1 Å². The van der Waals surface area contributed by atoms with Crippen molar-refractivity contribution in [2.75, 3.05) is 11.1 Å². The normalized spacial score (nSPS) is 12.7. The predicted molar refractivity (Wildman–Crippen MR) is 70.2 cm³/mol. The van der Waals surface area contributed by atoms with Crippen LogP contribution in [-0.4, -0.2) is 25.6 Å². The summed E-state index contributed by atoms with van der Waals surface area (Å²) in [6, 6.07) is 3.85. The lowest BCUT2D eigenvalue weighted by molar-refractivity contribution is 0.794. The molecule has 1 unspecified atom stereocenters. The lowest BCUT2D eigenvalue weighted by Gasteiger charge is -2.13. The number of H-pyrrole nitrogens is 1. The number of hydrogen-bond acceptors (Lipinski definition) is 7. The van der Waals surface area contributed by atoms with Crippen LogP contribution in [0.5, 0.6) is 0 Å². The van der Waals surface area contributed by atoms with Crippen LogP contribution in [0, 0.1) is 0 Å². The quantitative estimate of drug-likeness (QED) is 0.618. The van der Waals surface area contributed by atoms with E-state index in [0.29, 0.717) is 11.5 Å². The zero-order valence-corrected chi connectivity index (χ0v) is 10.4. The van der Waals surface area contributed by atoms with Gasteiger partial charge in [-0.25, -0.2) is 4.98 Å². The molecule has 0 bridgehead atoms. The lowest BCUT2D eigenvalue weighted by atomic mass is 10.2. The van der Waals surface area contributed by atoms with Gasteiger partial charge in [0.2, 0.25) is 0 Å². The third kappa shape index (κ3) is 1.76. The Labute approximate surface area is 106 Å². The minimum Gasteiger partial charge on any atom is -0.395 e. The van der Waals surface area contributed by atoms with Gasteiger partial charge in [-0.05, 0) is 19.1 Å². The van der Waals surface area contributed by atoms with E-state index in [0.717, 1.165) is 15.9 Å². The Morgan fingerprint density at radius 1 is 1.44 bits per heavy atom. The first-order chi connectivity index (χ1) is 8.75. The first-order valence-electron chi connectivity index (χ1n) is 5.37. The number of rotatable bonds is 3. The zero-order chi connectivity index (χ0) is 12.5. The fraction of sp³-hybridized carbons (Fsp3) is 0.200. The number of nitrogens with two attached hydrogens (primary N) is 1. The highest BCUT2D eigenvalue weighted by Gasteiger charge is 2.13. The molecule has 0 aliphatic rings. The maximum absolute atomic E-state index is 6.08. The molecule has 0 saturated carbocycles. The van der Waals surface area contributed by atoms with Crippen molar-refractivity contribution in [1.29, 1.82) is 0 Å². The third-order valence-corrected chi connectivity index (χ3v) is 3.46. The van der Waals surface area contributed by atoms with Crippen molar-refractivity contribution in [3.63, 3.8) is 0 Å². The fourth-order valence-corrected chi connectivity index (χ4v) is 2.42. The molecular weight excluding hydrogens is 250 g/mol. The molecule has 3 rings (SSSR count). The molecule has 1 atom stereocenters. The molecule has 2 aromatic heterocycles. The third-order valence-electron chi connectivity index (χ3n) is 2.66. The van der Waals surface area contributed by atoms with Crippen LogP contribution in [0.15, 0.2) is 17.6 Å². The van der Waals surface area contributed by atoms with E-state index in [2.05, 4.69) is 30.9 Å². The summed E-state index contributed by atoms with van der Waals surface area (Å²) >= 11 is 1.57. The standard InChI is InChI=1S/C10H11N7S/c1-5(10-14-16-17-15-10)13-6-2-3-7-9(8(6)11)12-4-18-7/h2-5,13H,11H2,1H3,(H,14,15,16,17). The molecule has 0 aliphatic carbocycles. The average Bonchev–Trinajstić information content (AvgIpc) is 3.02. The van der Waals surface area contributed by atoms with Crippen LogP contribution in [0.1, 0.15) is 18.8 Å². The smallest absolute Gasteiger partial charge is 0.196 e. The van der Waals surface area contributed by atoms with Crippen molar-refractivity contribution in [3.8, 4) is 0 Å². The molecule has 0 spiro atoms. The van der Waals surface area contributed by atoms with E-state index in [1.54, 1.807) is 16.8 Å². The Morgan fingerprint density at radius 3 is 3.11 bits per heavy atom. The van der Waals surface area contributed by atoms with Gasteiger partial charge in [-0.3, -0.25) is 0 Å². The number of anilines is 2. The number of hydrogen-bond donors (Lipinski definition) is 3. The summed E-state index contributed by atoms with van der Waals surface area (Å²) in [5.41, 5.74) is 10.2. The van der Waals surface area contributed by atoms with E-state index < -0.39 is 0 Å². The Bertz CT molecular complexity index is 660. The molecule has 2 heterocycles. The lowest BCUT2D eigenvalue weighted by Crippen LogP contribution is -2.10. The second kappa shape index (κ2) is 4.22. The summed E-state index contributed by atoms with van der Waals surface area (Å²) in [4.78, 5) is 4.25. The van der Waals surface area contributed by atoms with Gasteiger partial charge >= 0.3 is 0 Å². The van der Waals surface area contributed by atoms with Crippen LogP contribution in [0.25, 0.3) is 10.2 Å². The molecule has 4 N–H and O–H groups in total. The molecule has 3 aromatic rings. The Hall–Kier alpha value is -2.22. The number of benzene rings is 1. The number of aromatic amines is 1. The van der Waals surface area contributed by atoms with E-state index in [4.69, 9.17) is 5.73 Å². The molecule has 1 aromatic carbocycles. The van der Waals surface area contributed by atoms with Gasteiger partial charge in [-0.2, -0.15) is 5.21 Å². The molecular formula is C10H11N7S. The zero-order valence-electron chi connectivity index (χ0n) is 9.58. The van der Waals surface area contributed by atoms with Gasteiger partial charge in [0.05, 0.1) is 27.6 Å². The van der Waals surface area contributed by atoms with E-state index in [-0.39, 0.29) is 6.04 Å². The number of nitrogen functional groups attached to an aromatic ring is 1.